The molecule has 1 N–H and O–H groups in total. The Hall–Kier alpha value is -1.35. The van der Waals surface area contributed by atoms with Crippen LogP contribution < -0.4 is 0 Å². The molecule has 1 aliphatic carbocycles. The predicted molar refractivity (Wildman–Crippen MR) is 69.2 cm³/mol. The summed E-state index contributed by atoms with van der Waals surface area (Å²) in [5.74, 6) is 0.475. The summed E-state index contributed by atoms with van der Waals surface area (Å²) < 4.78 is 5.50. The van der Waals surface area contributed by atoms with Gasteiger partial charge in [0.2, 0.25) is 0 Å². The molecule has 1 aromatic carbocycles. The summed E-state index contributed by atoms with van der Waals surface area (Å²) in [6.45, 7) is 2.19. The highest BCUT2D eigenvalue weighted by atomic mass is 16.5. The zero-order chi connectivity index (χ0) is 13.0. The first-order valence-corrected chi connectivity index (χ1v) is 6.60. The summed E-state index contributed by atoms with van der Waals surface area (Å²) in [7, 11) is 0. The molecule has 1 aromatic rings. The van der Waals surface area contributed by atoms with Gasteiger partial charge >= 0.3 is 5.97 Å². The number of hydrogen-bond donors (Lipinski definition) is 1. The molecule has 98 valence electrons. The van der Waals surface area contributed by atoms with E-state index in [0.29, 0.717) is 5.56 Å². The molecule has 3 heteroatoms. The van der Waals surface area contributed by atoms with Gasteiger partial charge in [-0.05, 0) is 49.3 Å². The minimum atomic E-state index is -0.273. The van der Waals surface area contributed by atoms with Gasteiger partial charge in [-0.2, -0.15) is 0 Å². The largest absolute Gasteiger partial charge is 0.459 e. The fraction of sp³-hybridized carbons (Fsp3) is 0.533. The SMILES string of the molecule is CC1CCC(OC(=O)c2cccc(CO)c2)CC1. The van der Waals surface area contributed by atoms with Crippen molar-refractivity contribution in [2.75, 3.05) is 0 Å². The highest BCUT2D eigenvalue weighted by Gasteiger charge is 2.22. The number of hydrogen-bond acceptors (Lipinski definition) is 3. The first-order valence-electron chi connectivity index (χ1n) is 6.60. The molecular formula is C15H20O3. The minimum Gasteiger partial charge on any atom is -0.459 e. The van der Waals surface area contributed by atoms with E-state index in [-0.39, 0.29) is 18.7 Å². The molecule has 0 bridgehead atoms. The van der Waals surface area contributed by atoms with Crippen LogP contribution in [0.1, 0.15) is 48.5 Å². The van der Waals surface area contributed by atoms with E-state index < -0.39 is 0 Å². The average molecular weight is 248 g/mol. The second kappa shape index (κ2) is 6.01. The van der Waals surface area contributed by atoms with E-state index in [0.717, 1.165) is 37.2 Å². The van der Waals surface area contributed by atoms with Crippen molar-refractivity contribution in [2.24, 2.45) is 5.92 Å². The lowest BCUT2D eigenvalue weighted by molar-refractivity contribution is 0.0173. The Morgan fingerprint density at radius 2 is 2.06 bits per heavy atom. The zero-order valence-corrected chi connectivity index (χ0v) is 10.8. The lowest BCUT2D eigenvalue weighted by Crippen LogP contribution is -2.23. The van der Waals surface area contributed by atoms with Crippen molar-refractivity contribution < 1.29 is 14.6 Å². The average Bonchev–Trinajstić information content (AvgIpc) is 2.41. The molecule has 2 rings (SSSR count). The molecule has 3 nitrogen and oxygen atoms in total. The van der Waals surface area contributed by atoms with Crippen LogP contribution in [0.15, 0.2) is 24.3 Å². The number of esters is 1. The lowest BCUT2D eigenvalue weighted by atomic mass is 9.89. The summed E-state index contributed by atoms with van der Waals surface area (Å²) in [6, 6.07) is 6.98. The Bertz CT molecular complexity index is 406. The molecule has 0 radical (unpaired) electrons. The van der Waals surface area contributed by atoms with Crippen molar-refractivity contribution in [1.29, 1.82) is 0 Å². The fourth-order valence-electron chi connectivity index (χ4n) is 2.36. The maximum atomic E-state index is 12.0. The Balaban J connectivity index is 1.94. The molecule has 0 aliphatic heterocycles. The van der Waals surface area contributed by atoms with Crippen LogP contribution in [-0.4, -0.2) is 17.2 Å². The van der Waals surface area contributed by atoms with Gasteiger partial charge in [0.15, 0.2) is 0 Å². The third-order valence-electron chi connectivity index (χ3n) is 3.58. The van der Waals surface area contributed by atoms with Crippen LogP contribution in [0.4, 0.5) is 0 Å². The van der Waals surface area contributed by atoms with Gasteiger partial charge in [-0.15, -0.1) is 0 Å². The van der Waals surface area contributed by atoms with Crippen LogP contribution in [0.25, 0.3) is 0 Å². The van der Waals surface area contributed by atoms with Crippen LogP contribution in [0.5, 0.6) is 0 Å². The highest BCUT2D eigenvalue weighted by molar-refractivity contribution is 5.89. The second-order valence-corrected chi connectivity index (χ2v) is 5.15. The lowest BCUT2D eigenvalue weighted by Gasteiger charge is -2.26. The topological polar surface area (TPSA) is 46.5 Å². The third kappa shape index (κ3) is 3.33. The molecule has 0 atom stereocenters. The maximum absolute atomic E-state index is 12.0. The molecule has 18 heavy (non-hydrogen) atoms. The van der Waals surface area contributed by atoms with Gasteiger partial charge in [-0.25, -0.2) is 4.79 Å². The van der Waals surface area contributed by atoms with Gasteiger partial charge in [0.1, 0.15) is 6.10 Å². The summed E-state index contributed by atoms with van der Waals surface area (Å²) in [5, 5.41) is 9.04. The van der Waals surface area contributed by atoms with Crippen LogP contribution in [0.3, 0.4) is 0 Å². The van der Waals surface area contributed by atoms with Crippen molar-refractivity contribution in [3.63, 3.8) is 0 Å². The number of benzene rings is 1. The zero-order valence-electron chi connectivity index (χ0n) is 10.8. The van der Waals surface area contributed by atoms with E-state index in [4.69, 9.17) is 9.84 Å². The molecule has 0 heterocycles. The first kappa shape index (κ1) is 13.1. The number of carbonyl (C=O) groups is 1. The summed E-state index contributed by atoms with van der Waals surface area (Å²) in [6.07, 6.45) is 4.26. The molecule has 0 amide bonds. The standard InChI is InChI=1S/C15H20O3/c1-11-5-7-14(8-6-11)18-15(17)13-4-2-3-12(9-13)10-16/h2-4,9,11,14,16H,5-8,10H2,1H3. The molecule has 0 spiro atoms. The maximum Gasteiger partial charge on any atom is 0.338 e. The van der Waals surface area contributed by atoms with E-state index in [9.17, 15) is 4.79 Å². The van der Waals surface area contributed by atoms with Crippen LogP contribution in [0.2, 0.25) is 0 Å². The summed E-state index contributed by atoms with van der Waals surface area (Å²) in [5.41, 5.74) is 1.27. The van der Waals surface area contributed by atoms with Crippen LogP contribution in [0, 0.1) is 5.92 Å². The van der Waals surface area contributed by atoms with Gasteiger partial charge in [0, 0.05) is 0 Å². The number of aliphatic hydroxyl groups is 1. The summed E-state index contributed by atoms with van der Waals surface area (Å²) in [4.78, 5) is 12.0. The Morgan fingerprint density at radius 3 is 2.72 bits per heavy atom. The number of carbonyl (C=O) groups excluding carboxylic acids is 1. The second-order valence-electron chi connectivity index (χ2n) is 5.15. The molecule has 0 saturated heterocycles. The van der Waals surface area contributed by atoms with Crippen molar-refractivity contribution in [2.45, 2.75) is 45.3 Å². The third-order valence-corrected chi connectivity index (χ3v) is 3.58. The molecule has 1 fully saturated rings. The number of aliphatic hydroxyl groups excluding tert-OH is 1. The minimum absolute atomic E-state index is 0.0535. The predicted octanol–water partition coefficient (Wildman–Crippen LogP) is 2.91. The van der Waals surface area contributed by atoms with Gasteiger partial charge in [0.25, 0.3) is 0 Å². The van der Waals surface area contributed by atoms with Crippen molar-refractivity contribution in [3.05, 3.63) is 35.4 Å². The molecule has 0 unspecified atom stereocenters. The smallest absolute Gasteiger partial charge is 0.338 e. The molecular weight excluding hydrogens is 228 g/mol. The van der Waals surface area contributed by atoms with Crippen molar-refractivity contribution in [1.82, 2.24) is 0 Å². The van der Waals surface area contributed by atoms with E-state index >= 15 is 0 Å². The molecule has 1 aliphatic rings. The van der Waals surface area contributed by atoms with Gasteiger partial charge < -0.3 is 9.84 Å². The van der Waals surface area contributed by atoms with E-state index in [2.05, 4.69) is 6.92 Å². The quantitative estimate of drug-likeness (QED) is 0.837. The van der Waals surface area contributed by atoms with Gasteiger partial charge in [-0.3, -0.25) is 0 Å². The summed E-state index contributed by atoms with van der Waals surface area (Å²) >= 11 is 0. The van der Waals surface area contributed by atoms with E-state index in [1.807, 2.05) is 0 Å². The Labute approximate surface area is 108 Å². The number of ether oxygens (including phenoxy) is 1. The van der Waals surface area contributed by atoms with Crippen LogP contribution in [-0.2, 0) is 11.3 Å². The fourth-order valence-corrected chi connectivity index (χ4v) is 2.36. The molecule has 0 aromatic heterocycles. The van der Waals surface area contributed by atoms with Gasteiger partial charge in [0.05, 0.1) is 12.2 Å². The highest BCUT2D eigenvalue weighted by Crippen LogP contribution is 2.26. The molecule has 1 saturated carbocycles. The van der Waals surface area contributed by atoms with Crippen LogP contribution >= 0.6 is 0 Å². The Morgan fingerprint density at radius 1 is 1.33 bits per heavy atom. The number of rotatable bonds is 3. The Kier molecular flexibility index (Phi) is 4.37. The van der Waals surface area contributed by atoms with Crippen molar-refractivity contribution >= 4 is 5.97 Å². The monoisotopic (exact) mass is 248 g/mol. The van der Waals surface area contributed by atoms with Gasteiger partial charge in [-0.1, -0.05) is 19.1 Å². The van der Waals surface area contributed by atoms with Crippen molar-refractivity contribution in [3.8, 4) is 0 Å². The van der Waals surface area contributed by atoms with E-state index in [1.54, 1.807) is 24.3 Å². The normalized spacial score (nSPS) is 23.7. The first-order chi connectivity index (χ1) is 8.69. The van der Waals surface area contributed by atoms with E-state index in [1.165, 1.54) is 0 Å².